The van der Waals surface area contributed by atoms with Gasteiger partial charge in [0.2, 0.25) is 0 Å². The number of pyridine rings is 1. The highest BCUT2D eigenvalue weighted by molar-refractivity contribution is 6.06. The molecule has 0 aliphatic carbocycles. The second-order valence-corrected chi connectivity index (χ2v) is 5.28. The van der Waals surface area contributed by atoms with Crippen molar-refractivity contribution < 1.29 is 4.79 Å². The number of fused-ring (bicyclic) bond motifs is 1. The van der Waals surface area contributed by atoms with Crippen LogP contribution in [0.5, 0.6) is 0 Å². The van der Waals surface area contributed by atoms with Crippen molar-refractivity contribution in [1.82, 2.24) is 10.3 Å². The van der Waals surface area contributed by atoms with Gasteiger partial charge >= 0.3 is 0 Å². The van der Waals surface area contributed by atoms with E-state index in [0.29, 0.717) is 18.0 Å². The molecule has 0 aliphatic rings. The van der Waals surface area contributed by atoms with Crippen LogP contribution in [-0.4, -0.2) is 23.5 Å². The van der Waals surface area contributed by atoms with Crippen molar-refractivity contribution >= 4 is 16.8 Å². The first kappa shape index (κ1) is 14.5. The first-order valence-corrected chi connectivity index (χ1v) is 6.98. The molecule has 2 rings (SSSR count). The summed E-state index contributed by atoms with van der Waals surface area (Å²) in [5.74, 6) is 0.298. The highest BCUT2D eigenvalue weighted by atomic mass is 16.1. The van der Waals surface area contributed by atoms with E-state index in [9.17, 15) is 4.79 Å². The molecule has 0 radical (unpaired) electrons. The van der Waals surface area contributed by atoms with Gasteiger partial charge in [0.1, 0.15) is 0 Å². The van der Waals surface area contributed by atoms with Crippen LogP contribution in [0.4, 0.5) is 0 Å². The molecule has 0 spiro atoms. The van der Waals surface area contributed by atoms with Gasteiger partial charge in [-0.2, -0.15) is 0 Å². The van der Waals surface area contributed by atoms with Crippen LogP contribution in [0.2, 0.25) is 0 Å². The topological polar surface area (TPSA) is 68.0 Å². The van der Waals surface area contributed by atoms with E-state index in [-0.39, 0.29) is 11.9 Å². The average Bonchev–Trinajstić information content (AvgIpc) is 2.46. The normalized spacial score (nSPS) is 12.6. The van der Waals surface area contributed by atoms with E-state index in [1.54, 1.807) is 12.3 Å². The summed E-state index contributed by atoms with van der Waals surface area (Å²) in [6, 6.07) is 9.52. The first-order valence-electron chi connectivity index (χ1n) is 6.98. The van der Waals surface area contributed by atoms with Gasteiger partial charge in [0.05, 0.1) is 11.1 Å². The van der Waals surface area contributed by atoms with Crippen molar-refractivity contribution in [2.75, 3.05) is 6.54 Å². The molecule has 3 N–H and O–H groups in total. The lowest BCUT2D eigenvalue weighted by Crippen LogP contribution is -2.40. The molecule has 1 aromatic carbocycles. The van der Waals surface area contributed by atoms with Gasteiger partial charge in [0.25, 0.3) is 5.91 Å². The lowest BCUT2D eigenvalue weighted by Gasteiger charge is -2.22. The number of nitrogens with two attached hydrogens (primary N) is 1. The molecule has 1 heterocycles. The Bertz CT molecular complexity index is 590. The summed E-state index contributed by atoms with van der Waals surface area (Å²) in [7, 11) is 0. The zero-order chi connectivity index (χ0) is 14.5. The van der Waals surface area contributed by atoms with Gasteiger partial charge in [-0.05, 0) is 31.0 Å². The number of aromatic nitrogens is 1. The molecule has 0 bridgehead atoms. The van der Waals surface area contributed by atoms with Gasteiger partial charge in [-0.15, -0.1) is 0 Å². The summed E-state index contributed by atoms with van der Waals surface area (Å²) >= 11 is 0. The minimum atomic E-state index is -0.0595. The lowest BCUT2D eigenvalue weighted by atomic mass is 10.00. The number of amides is 1. The van der Waals surface area contributed by atoms with Crippen molar-refractivity contribution in [2.24, 2.45) is 11.7 Å². The predicted molar refractivity (Wildman–Crippen MR) is 81.5 cm³/mol. The number of carbonyl (C=O) groups is 1. The highest BCUT2D eigenvalue weighted by Gasteiger charge is 2.17. The Morgan fingerprint density at radius 2 is 2.05 bits per heavy atom. The zero-order valence-electron chi connectivity index (χ0n) is 12.0. The molecule has 20 heavy (non-hydrogen) atoms. The molecule has 106 valence electrons. The largest absolute Gasteiger partial charge is 0.349 e. The summed E-state index contributed by atoms with van der Waals surface area (Å²) < 4.78 is 0. The Labute approximate surface area is 119 Å². The number of carbonyl (C=O) groups excluding carboxylic acids is 1. The van der Waals surface area contributed by atoms with Crippen LogP contribution in [0.15, 0.2) is 36.5 Å². The molecule has 4 nitrogen and oxygen atoms in total. The maximum absolute atomic E-state index is 12.5. The predicted octanol–water partition coefficient (Wildman–Crippen LogP) is 2.34. The summed E-state index contributed by atoms with van der Waals surface area (Å²) in [6.45, 7) is 4.75. The van der Waals surface area contributed by atoms with Gasteiger partial charge in [0.15, 0.2) is 0 Å². The molecule has 0 fully saturated rings. The van der Waals surface area contributed by atoms with Gasteiger partial charge in [-0.1, -0.05) is 32.0 Å². The summed E-state index contributed by atoms with van der Waals surface area (Å²) in [4.78, 5) is 16.7. The van der Waals surface area contributed by atoms with Gasteiger partial charge in [0, 0.05) is 17.6 Å². The Balaban J connectivity index is 2.27. The molecule has 4 heteroatoms. The second-order valence-electron chi connectivity index (χ2n) is 5.28. The third-order valence-electron chi connectivity index (χ3n) is 3.49. The lowest BCUT2D eigenvalue weighted by molar-refractivity contribution is 0.0925. The number of hydrogen-bond donors (Lipinski definition) is 2. The number of benzene rings is 1. The Hall–Kier alpha value is -1.94. The Morgan fingerprint density at radius 3 is 2.75 bits per heavy atom. The number of nitrogens with one attached hydrogen (secondary N) is 1. The Kier molecular flexibility index (Phi) is 4.69. The minimum absolute atomic E-state index is 0.0595. The highest BCUT2D eigenvalue weighted by Crippen LogP contribution is 2.17. The van der Waals surface area contributed by atoms with Crippen molar-refractivity contribution in [1.29, 1.82) is 0 Å². The maximum atomic E-state index is 12.5. The van der Waals surface area contributed by atoms with E-state index in [1.165, 1.54) is 0 Å². The molecular weight excluding hydrogens is 250 g/mol. The number of rotatable bonds is 5. The first-order chi connectivity index (χ1) is 9.63. The summed E-state index contributed by atoms with van der Waals surface area (Å²) in [5, 5.41) is 3.96. The molecule has 0 aliphatic heterocycles. The smallest absolute Gasteiger partial charge is 0.252 e. The Morgan fingerprint density at radius 1 is 1.30 bits per heavy atom. The van der Waals surface area contributed by atoms with Crippen LogP contribution in [-0.2, 0) is 0 Å². The van der Waals surface area contributed by atoms with E-state index in [2.05, 4.69) is 24.1 Å². The third kappa shape index (κ3) is 3.14. The van der Waals surface area contributed by atoms with Gasteiger partial charge in [-0.3, -0.25) is 9.78 Å². The van der Waals surface area contributed by atoms with Crippen molar-refractivity contribution in [3.05, 3.63) is 42.1 Å². The monoisotopic (exact) mass is 271 g/mol. The van der Waals surface area contributed by atoms with Crippen molar-refractivity contribution in [3.8, 4) is 0 Å². The molecule has 1 unspecified atom stereocenters. The van der Waals surface area contributed by atoms with Crippen LogP contribution in [0.25, 0.3) is 10.9 Å². The minimum Gasteiger partial charge on any atom is -0.349 e. The van der Waals surface area contributed by atoms with E-state index in [4.69, 9.17) is 5.73 Å². The van der Waals surface area contributed by atoms with Crippen LogP contribution >= 0.6 is 0 Å². The van der Waals surface area contributed by atoms with E-state index >= 15 is 0 Å². The van der Waals surface area contributed by atoms with Crippen LogP contribution in [0, 0.1) is 5.92 Å². The van der Waals surface area contributed by atoms with Crippen molar-refractivity contribution in [2.45, 2.75) is 26.3 Å². The fraction of sp³-hybridized carbons (Fsp3) is 0.375. The number of para-hydroxylation sites is 1. The molecule has 2 aromatic rings. The van der Waals surface area contributed by atoms with Gasteiger partial charge in [-0.25, -0.2) is 0 Å². The summed E-state index contributed by atoms with van der Waals surface area (Å²) in [6.07, 6.45) is 2.46. The molecule has 1 amide bonds. The zero-order valence-corrected chi connectivity index (χ0v) is 12.0. The molecule has 0 saturated heterocycles. The number of hydrogen-bond acceptors (Lipinski definition) is 3. The molecular formula is C16H21N3O. The SMILES string of the molecule is CC(C)C(CCN)NC(=O)c1ccnc2ccccc12. The fourth-order valence-corrected chi connectivity index (χ4v) is 2.29. The van der Waals surface area contributed by atoms with Crippen molar-refractivity contribution in [3.63, 3.8) is 0 Å². The molecule has 1 aromatic heterocycles. The maximum Gasteiger partial charge on any atom is 0.252 e. The van der Waals surface area contributed by atoms with Crippen LogP contribution < -0.4 is 11.1 Å². The van der Waals surface area contributed by atoms with Crippen LogP contribution in [0.3, 0.4) is 0 Å². The van der Waals surface area contributed by atoms with Crippen LogP contribution in [0.1, 0.15) is 30.6 Å². The van der Waals surface area contributed by atoms with E-state index < -0.39 is 0 Å². The summed E-state index contributed by atoms with van der Waals surface area (Å²) in [5.41, 5.74) is 7.11. The standard InChI is InChI=1S/C16H21N3O/c1-11(2)14(7-9-17)19-16(20)13-8-10-18-15-6-4-3-5-12(13)15/h3-6,8,10-11,14H,7,9,17H2,1-2H3,(H,19,20). The van der Waals surface area contributed by atoms with E-state index in [1.807, 2.05) is 24.3 Å². The molecule has 1 atom stereocenters. The molecule has 0 saturated carbocycles. The third-order valence-corrected chi connectivity index (χ3v) is 3.49. The average molecular weight is 271 g/mol. The fourth-order valence-electron chi connectivity index (χ4n) is 2.29. The quantitative estimate of drug-likeness (QED) is 0.877. The number of nitrogens with zero attached hydrogens (tertiary/aromatic N) is 1. The van der Waals surface area contributed by atoms with Gasteiger partial charge < -0.3 is 11.1 Å². The second kappa shape index (κ2) is 6.48. The van der Waals surface area contributed by atoms with E-state index in [0.717, 1.165) is 17.3 Å².